The molecule has 160 valence electrons. The summed E-state index contributed by atoms with van der Waals surface area (Å²) in [4.78, 5) is 40.9. The summed E-state index contributed by atoms with van der Waals surface area (Å²) in [7, 11) is 1.46. The second-order valence-corrected chi connectivity index (χ2v) is 7.62. The molecule has 2 N–H and O–H groups in total. The van der Waals surface area contributed by atoms with Crippen LogP contribution in [-0.4, -0.2) is 53.8 Å². The summed E-state index contributed by atoms with van der Waals surface area (Å²) in [6.07, 6.45) is -2.65. The van der Waals surface area contributed by atoms with Crippen LogP contribution in [0.5, 0.6) is 0 Å². The third kappa shape index (κ3) is 3.29. The van der Waals surface area contributed by atoms with E-state index in [2.05, 4.69) is 10.6 Å². The van der Waals surface area contributed by atoms with Crippen LogP contribution in [0.15, 0.2) is 35.5 Å². The van der Waals surface area contributed by atoms with Crippen molar-refractivity contribution in [2.24, 2.45) is 0 Å². The quantitative estimate of drug-likeness (QED) is 0.767. The van der Waals surface area contributed by atoms with Crippen LogP contribution >= 0.6 is 0 Å². The van der Waals surface area contributed by atoms with Gasteiger partial charge in [-0.05, 0) is 30.9 Å². The fourth-order valence-corrected chi connectivity index (χ4v) is 4.30. The summed E-state index contributed by atoms with van der Waals surface area (Å²) in [5, 5.41) is 5.29. The number of hydrogen-bond donors (Lipinski definition) is 2. The molecule has 0 spiro atoms. The van der Waals surface area contributed by atoms with Crippen molar-refractivity contribution < 1.29 is 27.6 Å². The lowest BCUT2D eigenvalue weighted by molar-refractivity contribution is -0.138. The molecule has 1 fully saturated rings. The average molecular weight is 422 g/mol. The minimum Gasteiger partial charge on any atom is -0.354 e. The van der Waals surface area contributed by atoms with E-state index in [1.807, 2.05) is 0 Å². The number of amides is 4. The van der Waals surface area contributed by atoms with E-state index in [1.54, 1.807) is 0 Å². The third-order valence-corrected chi connectivity index (χ3v) is 5.85. The predicted octanol–water partition coefficient (Wildman–Crippen LogP) is 2.17. The van der Waals surface area contributed by atoms with Gasteiger partial charge in [-0.25, -0.2) is 4.79 Å². The van der Waals surface area contributed by atoms with Crippen molar-refractivity contribution in [3.05, 3.63) is 46.7 Å². The van der Waals surface area contributed by atoms with Crippen LogP contribution < -0.4 is 10.6 Å². The number of likely N-dealkylation sites (N-methyl/N-ethyl adjacent to an activating group) is 1. The highest BCUT2D eigenvalue weighted by Gasteiger charge is 2.48. The molecule has 0 aliphatic carbocycles. The first kappa shape index (κ1) is 20.2. The molecule has 1 aromatic carbocycles. The second kappa shape index (κ2) is 7.33. The average Bonchev–Trinajstić information content (AvgIpc) is 2.89. The topological polar surface area (TPSA) is 81.8 Å². The molecular weight excluding hydrogens is 401 g/mol. The number of nitrogens with zero attached hydrogens (tertiary/aromatic N) is 2. The van der Waals surface area contributed by atoms with Gasteiger partial charge in [-0.2, -0.15) is 13.2 Å². The van der Waals surface area contributed by atoms with E-state index in [1.165, 1.54) is 35.0 Å². The van der Waals surface area contributed by atoms with Gasteiger partial charge in [-0.1, -0.05) is 18.2 Å². The van der Waals surface area contributed by atoms with E-state index in [-0.39, 0.29) is 23.6 Å². The Kier molecular flexibility index (Phi) is 4.95. The molecular formula is C20H21F3N4O3. The van der Waals surface area contributed by atoms with Crippen molar-refractivity contribution in [3.8, 4) is 0 Å². The molecule has 3 aliphatic rings. The number of rotatable bonds is 2. The normalized spacial score (nSPS) is 25.1. The Morgan fingerprint density at radius 1 is 1.10 bits per heavy atom. The van der Waals surface area contributed by atoms with E-state index >= 15 is 0 Å². The number of benzene rings is 1. The fourth-order valence-electron chi connectivity index (χ4n) is 4.30. The van der Waals surface area contributed by atoms with E-state index in [0.717, 1.165) is 18.9 Å². The first-order valence-corrected chi connectivity index (χ1v) is 9.72. The van der Waals surface area contributed by atoms with Crippen molar-refractivity contribution in [3.63, 3.8) is 0 Å². The Morgan fingerprint density at radius 2 is 1.83 bits per heavy atom. The van der Waals surface area contributed by atoms with Crippen molar-refractivity contribution in [1.82, 2.24) is 20.4 Å². The standard InChI is InChI=1S/C20H21F3N4O3/c1-26-14-10-27(13-8-4-5-9-24-17(13)28)18(29)15(14)16(25-19(26)30)11-6-2-3-7-12(11)20(21,22)23/h2-3,6-7,13,16H,4-5,8-10H2,1H3,(H,24,28)(H,25,30). The van der Waals surface area contributed by atoms with Crippen LogP contribution in [0.2, 0.25) is 0 Å². The maximum atomic E-state index is 13.6. The molecule has 1 saturated heterocycles. The molecule has 4 amide bonds. The smallest absolute Gasteiger partial charge is 0.354 e. The highest BCUT2D eigenvalue weighted by molar-refractivity contribution is 6.03. The Morgan fingerprint density at radius 3 is 2.57 bits per heavy atom. The van der Waals surface area contributed by atoms with Crippen LogP contribution in [0.25, 0.3) is 0 Å². The largest absolute Gasteiger partial charge is 0.416 e. The lowest BCUT2D eigenvalue weighted by Gasteiger charge is -2.32. The van der Waals surface area contributed by atoms with Crippen molar-refractivity contribution >= 4 is 17.8 Å². The minimum atomic E-state index is -4.64. The molecule has 2 atom stereocenters. The van der Waals surface area contributed by atoms with E-state index in [0.29, 0.717) is 18.7 Å². The van der Waals surface area contributed by atoms with Crippen molar-refractivity contribution in [1.29, 1.82) is 0 Å². The van der Waals surface area contributed by atoms with Gasteiger partial charge in [0.2, 0.25) is 5.91 Å². The number of carbonyl (C=O) groups is 3. The van der Waals surface area contributed by atoms with Crippen LogP contribution in [0.4, 0.5) is 18.0 Å². The molecule has 0 aromatic heterocycles. The maximum Gasteiger partial charge on any atom is 0.416 e. The summed E-state index contributed by atoms with van der Waals surface area (Å²) < 4.78 is 40.8. The third-order valence-electron chi connectivity index (χ3n) is 5.85. The van der Waals surface area contributed by atoms with Gasteiger partial charge in [-0.3, -0.25) is 14.5 Å². The SMILES string of the molecule is CN1C(=O)NC(c2ccccc2C(F)(F)F)C2=C1CN(C1CCCCNC1=O)C2=O. The highest BCUT2D eigenvalue weighted by atomic mass is 19.4. The summed E-state index contributed by atoms with van der Waals surface area (Å²) in [6, 6.07) is 2.33. The molecule has 1 aromatic rings. The zero-order valence-electron chi connectivity index (χ0n) is 16.3. The zero-order valence-corrected chi connectivity index (χ0v) is 16.3. The van der Waals surface area contributed by atoms with Gasteiger partial charge in [0.15, 0.2) is 0 Å². The van der Waals surface area contributed by atoms with Gasteiger partial charge in [0.25, 0.3) is 5.91 Å². The number of hydrogen-bond acceptors (Lipinski definition) is 3. The predicted molar refractivity (Wildman–Crippen MR) is 99.9 cm³/mol. The molecule has 0 saturated carbocycles. The summed E-state index contributed by atoms with van der Waals surface area (Å²) in [5.41, 5.74) is -0.710. The fraction of sp³-hybridized carbons (Fsp3) is 0.450. The minimum absolute atomic E-state index is 0.000851. The first-order chi connectivity index (χ1) is 14.2. The molecule has 3 aliphatic heterocycles. The molecule has 0 bridgehead atoms. The Hall–Kier alpha value is -3.04. The Labute approximate surface area is 170 Å². The lowest BCUT2D eigenvalue weighted by atomic mass is 9.91. The van der Waals surface area contributed by atoms with Crippen LogP contribution in [0, 0.1) is 0 Å². The first-order valence-electron chi connectivity index (χ1n) is 9.72. The zero-order chi connectivity index (χ0) is 21.6. The molecule has 30 heavy (non-hydrogen) atoms. The highest BCUT2D eigenvalue weighted by Crippen LogP contribution is 2.41. The summed E-state index contributed by atoms with van der Waals surface area (Å²) in [5.74, 6) is -0.809. The van der Waals surface area contributed by atoms with E-state index < -0.39 is 35.8 Å². The molecule has 2 unspecified atom stereocenters. The molecule has 4 rings (SSSR count). The van der Waals surface area contributed by atoms with Gasteiger partial charge < -0.3 is 15.5 Å². The number of halogens is 3. The maximum absolute atomic E-state index is 13.6. The van der Waals surface area contributed by atoms with Crippen LogP contribution in [-0.2, 0) is 15.8 Å². The van der Waals surface area contributed by atoms with Gasteiger partial charge in [0.1, 0.15) is 6.04 Å². The van der Waals surface area contributed by atoms with Gasteiger partial charge >= 0.3 is 12.2 Å². The van der Waals surface area contributed by atoms with Crippen LogP contribution in [0.1, 0.15) is 36.4 Å². The van der Waals surface area contributed by atoms with Gasteiger partial charge in [0, 0.05) is 13.6 Å². The Bertz CT molecular complexity index is 943. The number of alkyl halides is 3. The van der Waals surface area contributed by atoms with Crippen molar-refractivity contribution in [2.75, 3.05) is 20.1 Å². The van der Waals surface area contributed by atoms with E-state index in [9.17, 15) is 27.6 Å². The summed E-state index contributed by atoms with van der Waals surface area (Å²) in [6.45, 7) is 0.521. The number of carbonyl (C=O) groups excluding carboxylic acids is 3. The molecule has 0 radical (unpaired) electrons. The monoisotopic (exact) mass is 422 g/mol. The van der Waals surface area contributed by atoms with Crippen molar-refractivity contribution in [2.45, 2.75) is 37.5 Å². The molecule has 7 nitrogen and oxygen atoms in total. The second-order valence-electron chi connectivity index (χ2n) is 7.62. The molecule has 10 heteroatoms. The lowest BCUT2D eigenvalue weighted by Crippen LogP contribution is -2.47. The summed E-state index contributed by atoms with van der Waals surface area (Å²) >= 11 is 0. The van der Waals surface area contributed by atoms with Gasteiger partial charge in [0.05, 0.1) is 29.4 Å². The van der Waals surface area contributed by atoms with Gasteiger partial charge in [-0.15, -0.1) is 0 Å². The Balaban J connectivity index is 1.76. The van der Waals surface area contributed by atoms with E-state index in [4.69, 9.17) is 0 Å². The number of urea groups is 1. The van der Waals surface area contributed by atoms with Crippen LogP contribution in [0.3, 0.4) is 0 Å². The number of nitrogens with one attached hydrogen (secondary N) is 2. The molecule has 3 heterocycles.